The van der Waals surface area contributed by atoms with E-state index in [0.717, 1.165) is 9.37 Å². The van der Waals surface area contributed by atoms with E-state index in [-0.39, 0.29) is 22.8 Å². The fraction of sp³-hybridized carbons (Fsp3) is 0. The lowest BCUT2D eigenvalue weighted by molar-refractivity contribution is -0.122. The van der Waals surface area contributed by atoms with Gasteiger partial charge in [0, 0.05) is 20.4 Å². The minimum atomic E-state index is -0.846. The summed E-state index contributed by atoms with van der Waals surface area (Å²) in [6.07, 6.45) is 1.38. The summed E-state index contributed by atoms with van der Waals surface area (Å²) in [7, 11) is 0. The van der Waals surface area contributed by atoms with E-state index in [1.54, 1.807) is 48.5 Å². The molecule has 0 unspecified atom stereocenters. The molecular formula is C26H14BrClN2O5. The predicted molar refractivity (Wildman–Crippen MR) is 134 cm³/mol. The minimum Gasteiger partial charge on any atom is -0.453 e. The van der Waals surface area contributed by atoms with E-state index in [9.17, 15) is 19.2 Å². The first-order valence-corrected chi connectivity index (χ1v) is 11.5. The number of anilines is 1. The van der Waals surface area contributed by atoms with Crippen molar-refractivity contribution in [3.05, 3.63) is 105 Å². The van der Waals surface area contributed by atoms with Crippen LogP contribution in [0.4, 0.5) is 10.5 Å². The van der Waals surface area contributed by atoms with Gasteiger partial charge >= 0.3 is 6.03 Å². The fourth-order valence-corrected chi connectivity index (χ4v) is 4.05. The van der Waals surface area contributed by atoms with Crippen molar-refractivity contribution in [2.75, 3.05) is 4.90 Å². The van der Waals surface area contributed by atoms with Crippen LogP contribution in [0.3, 0.4) is 0 Å². The quantitative estimate of drug-likeness (QED) is 0.199. The number of hydrogen-bond acceptors (Lipinski definition) is 5. The van der Waals surface area contributed by atoms with Crippen molar-refractivity contribution in [2.45, 2.75) is 0 Å². The van der Waals surface area contributed by atoms with Crippen LogP contribution in [0.2, 0.25) is 5.02 Å². The summed E-state index contributed by atoms with van der Waals surface area (Å²) in [6, 6.07) is 18.8. The van der Waals surface area contributed by atoms with Gasteiger partial charge in [-0.15, -0.1) is 0 Å². The molecule has 4 aromatic rings. The highest BCUT2D eigenvalue weighted by atomic mass is 79.9. The van der Waals surface area contributed by atoms with Gasteiger partial charge < -0.3 is 4.42 Å². The number of barbiturate groups is 1. The number of ketones is 1. The van der Waals surface area contributed by atoms with E-state index in [1.807, 2.05) is 0 Å². The number of carbonyl (C=O) groups excluding carboxylic acids is 4. The molecule has 4 amide bonds. The number of nitrogens with one attached hydrogen (secondary N) is 1. The van der Waals surface area contributed by atoms with Gasteiger partial charge in [0.15, 0.2) is 5.76 Å². The smallest absolute Gasteiger partial charge is 0.335 e. The van der Waals surface area contributed by atoms with Crippen LogP contribution in [0.15, 0.2) is 87.3 Å². The average molecular weight is 550 g/mol. The van der Waals surface area contributed by atoms with E-state index in [0.29, 0.717) is 27.1 Å². The van der Waals surface area contributed by atoms with Crippen molar-refractivity contribution in [1.29, 1.82) is 0 Å². The maximum atomic E-state index is 13.1. The van der Waals surface area contributed by atoms with Crippen molar-refractivity contribution in [1.82, 2.24) is 5.32 Å². The van der Waals surface area contributed by atoms with Crippen LogP contribution in [0, 0.1) is 0 Å². The van der Waals surface area contributed by atoms with Crippen LogP contribution >= 0.6 is 27.5 Å². The van der Waals surface area contributed by atoms with E-state index < -0.39 is 17.8 Å². The molecule has 3 aromatic carbocycles. The molecule has 2 heterocycles. The number of amides is 4. The molecule has 9 heteroatoms. The number of rotatable bonds is 4. The molecule has 0 aliphatic carbocycles. The Bertz CT molecular complexity index is 1560. The second-order valence-electron chi connectivity index (χ2n) is 7.68. The van der Waals surface area contributed by atoms with Crippen LogP contribution in [0.1, 0.15) is 21.7 Å². The van der Waals surface area contributed by atoms with E-state index >= 15 is 0 Å². The van der Waals surface area contributed by atoms with Gasteiger partial charge in [-0.1, -0.05) is 33.6 Å². The zero-order chi connectivity index (χ0) is 24.7. The Morgan fingerprint density at radius 1 is 0.943 bits per heavy atom. The molecule has 5 rings (SSSR count). The predicted octanol–water partition coefficient (Wildman–Crippen LogP) is 5.75. The molecule has 1 aliphatic rings. The Balaban J connectivity index is 1.47. The Morgan fingerprint density at radius 3 is 2.37 bits per heavy atom. The standard InChI is InChI=1S/C26H14BrClN2O5/c27-17-4-2-15(3-5-17)23(31)22-13-16-11-14(1-10-21(16)35-22)12-20-24(32)29-26(34)30(25(20)33)19-8-6-18(28)7-9-19/h1-13H,(H,29,32,34). The first-order valence-electron chi connectivity index (χ1n) is 10.3. The minimum absolute atomic E-state index is 0.165. The summed E-state index contributed by atoms with van der Waals surface area (Å²) in [5.41, 5.74) is 1.53. The van der Waals surface area contributed by atoms with Crippen LogP contribution in [0.5, 0.6) is 0 Å². The molecule has 0 radical (unpaired) electrons. The van der Waals surface area contributed by atoms with Crippen molar-refractivity contribution in [2.24, 2.45) is 0 Å². The summed E-state index contributed by atoms with van der Waals surface area (Å²) in [5, 5.41) is 3.24. The topological polar surface area (TPSA) is 96.7 Å². The Hall–Kier alpha value is -4.01. The van der Waals surface area contributed by atoms with Crippen molar-refractivity contribution in [3.63, 3.8) is 0 Å². The summed E-state index contributed by atoms with van der Waals surface area (Å²) in [4.78, 5) is 51.5. The number of nitrogens with zero attached hydrogens (tertiary/aromatic N) is 1. The number of furan rings is 1. The molecule has 1 aliphatic heterocycles. The molecule has 1 saturated heterocycles. The molecule has 7 nitrogen and oxygen atoms in total. The lowest BCUT2D eigenvalue weighted by atomic mass is 10.0. The normalized spacial score (nSPS) is 15.1. The summed E-state index contributed by atoms with van der Waals surface area (Å²) in [6.45, 7) is 0. The molecule has 1 aromatic heterocycles. The van der Waals surface area contributed by atoms with Crippen LogP contribution in [0.25, 0.3) is 17.0 Å². The number of benzene rings is 3. The second kappa shape index (κ2) is 8.98. The number of fused-ring (bicyclic) bond motifs is 1. The van der Waals surface area contributed by atoms with E-state index in [2.05, 4.69) is 21.2 Å². The molecular weight excluding hydrogens is 536 g/mol. The lowest BCUT2D eigenvalue weighted by Gasteiger charge is -2.26. The number of halogens is 2. The monoisotopic (exact) mass is 548 g/mol. The molecule has 35 heavy (non-hydrogen) atoms. The highest BCUT2D eigenvalue weighted by Gasteiger charge is 2.36. The highest BCUT2D eigenvalue weighted by Crippen LogP contribution is 2.27. The summed E-state index contributed by atoms with van der Waals surface area (Å²) in [5.74, 6) is -1.67. The van der Waals surface area contributed by atoms with Gasteiger partial charge in [0.1, 0.15) is 11.2 Å². The summed E-state index contributed by atoms with van der Waals surface area (Å²) >= 11 is 9.23. The Morgan fingerprint density at radius 2 is 1.66 bits per heavy atom. The molecule has 0 bridgehead atoms. The molecule has 1 N–H and O–H groups in total. The van der Waals surface area contributed by atoms with Gasteiger partial charge in [-0.05, 0) is 78.4 Å². The van der Waals surface area contributed by atoms with Crippen LogP contribution in [-0.4, -0.2) is 23.6 Å². The van der Waals surface area contributed by atoms with Crippen LogP contribution < -0.4 is 10.2 Å². The van der Waals surface area contributed by atoms with E-state index in [4.69, 9.17) is 16.0 Å². The molecule has 172 valence electrons. The number of urea groups is 1. The van der Waals surface area contributed by atoms with Gasteiger partial charge in [-0.2, -0.15) is 0 Å². The first-order chi connectivity index (χ1) is 16.8. The number of imide groups is 2. The number of hydrogen-bond donors (Lipinski definition) is 1. The van der Waals surface area contributed by atoms with E-state index in [1.165, 1.54) is 30.3 Å². The van der Waals surface area contributed by atoms with Crippen molar-refractivity contribution < 1.29 is 23.6 Å². The maximum Gasteiger partial charge on any atom is 0.335 e. The molecule has 0 atom stereocenters. The molecule has 1 fully saturated rings. The van der Waals surface area contributed by atoms with Crippen molar-refractivity contribution in [3.8, 4) is 0 Å². The fourth-order valence-electron chi connectivity index (χ4n) is 3.66. The van der Waals surface area contributed by atoms with Crippen LogP contribution in [-0.2, 0) is 9.59 Å². The molecule has 0 spiro atoms. The first kappa shape index (κ1) is 22.8. The highest BCUT2D eigenvalue weighted by molar-refractivity contribution is 9.10. The molecule has 0 saturated carbocycles. The van der Waals surface area contributed by atoms with Gasteiger partial charge in [-0.3, -0.25) is 19.7 Å². The number of carbonyl (C=O) groups is 4. The van der Waals surface area contributed by atoms with Gasteiger partial charge in [0.25, 0.3) is 11.8 Å². The zero-order valence-electron chi connectivity index (χ0n) is 17.7. The Kier molecular flexibility index (Phi) is 5.84. The zero-order valence-corrected chi connectivity index (χ0v) is 20.1. The third kappa shape index (κ3) is 4.41. The SMILES string of the molecule is O=C1NC(=O)N(c2ccc(Cl)cc2)C(=O)C1=Cc1ccc2oc(C(=O)c3ccc(Br)cc3)cc2c1. The second-order valence-corrected chi connectivity index (χ2v) is 9.03. The maximum absolute atomic E-state index is 13.1. The third-order valence-electron chi connectivity index (χ3n) is 5.37. The summed E-state index contributed by atoms with van der Waals surface area (Å²) < 4.78 is 6.56. The Labute approximate surface area is 212 Å². The van der Waals surface area contributed by atoms with Crippen molar-refractivity contribution >= 4 is 73.9 Å². The average Bonchev–Trinajstić information content (AvgIpc) is 3.26. The van der Waals surface area contributed by atoms with Gasteiger partial charge in [0.05, 0.1) is 5.69 Å². The lowest BCUT2D eigenvalue weighted by Crippen LogP contribution is -2.54. The largest absolute Gasteiger partial charge is 0.453 e. The van der Waals surface area contributed by atoms with Gasteiger partial charge in [-0.25, -0.2) is 9.69 Å². The van der Waals surface area contributed by atoms with Gasteiger partial charge in [0.2, 0.25) is 5.78 Å². The third-order valence-corrected chi connectivity index (χ3v) is 6.15.